The molecule has 0 fully saturated rings. The van der Waals surface area contributed by atoms with E-state index in [9.17, 15) is 9.59 Å². The van der Waals surface area contributed by atoms with Crippen LogP contribution in [0.2, 0.25) is 0 Å². The second-order valence-electron chi connectivity index (χ2n) is 6.45. The molecule has 3 aromatic rings. The Labute approximate surface area is 146 Å². The average molecular weight is 338 g/mol. The van der Waals surface area contributed by atoms with Crippen molar-refractivity contribution in [2.75, 3.05) is 5.32 Å². The minimum absolute atomic E-state index is 0.00353. The van der Waals surface area contributed by atoms with E-state index in [1.165, 1.54) is 5.52 Å². The summed E-state index contributed by atoms with van der Waals surface area (Å²) < 4.78 is 2.26. The molecule has 1 heterocycles. The Morgan fingerprint density at radius 1 is 1.08 bits per heavy atom. The van der Waals surface area contributed by atoms with Gasteiger partial charge in [0.25, 0.3) is 0 Å². The first-order valence-electron chi connectivity index (χ1n) is 8.52. The second-order valence-corrected chi connectivity index (χ2v) is 6.45. The van der Waals surface area contributed by atoms with Gasteiger partial charge in [-0.1, -0.05) is 25.1 Å². The van der Waals surface area contributed by atoms with Crippen LogP contribution in [0.1, 0.15) is 26.7 Å². The fraction of sp³-hybridized carbons (Fsp3) is 0.300. The SMILES string of the molecule is CCn1c2ccccc2c2cc(NC(=O)C[C@@H](C)CC(=O)O)ccc21. The number of carbonyl (C=O) groups is 2. The minimum atomic E-state index is -0.880. The lowest BCUT2D eigenvalue weighted by Crippen LogP contribution is -2.16. The lowest BCUT2D eigenvalue weighted by molar-refractivity contribution is -0.138. The number of carboxylic acids is 1. The summed E-state index contributed by atoms with van der Waals surface area (Å²) in [6.07, 6.45) is 0.192. The topological polar surface area (TPSA) is 71.3 Å². The Morgan fingerprint density at radius 3 is 2.52 bits per heavy atom. The number of fused-ring (bicyclic) bond motifs is 3. The number of hydrogen-bond acceptors (Lipinski definition) is 2. The zero-order chi connectivity index (χ0) is 18.0. The van der Waals surface area contributed by atoms with Crippen molar-refractivity contribution in [1.29, 1.82) is 0 Å². The molecule has 0 saturated heterocycles. The molecule has 1 atom stereocenters. The van der Waals surface area contributed by atoms with Gasteiger partial charge in [0.2, 0.25) is 5.91 Å². The van der Waals surface area contributed by atoms with E-state index in [0.717, 1.165) is 28.5 Å². The highest BCUT2D eigenvalue weighted by atomic mass is 16.4. The van der Waals surface area contributed by atoms with Crippen LogP contribution in [0.3, 0.4) is 0 Å². The van der Waals surface area contributed by atoms with Crippen LogP contribution in [-0.4, -0.2) is 21.6 Å². The lowest BCUT2D eigenvalue weighted by Gasteiger charge is -2.10. The van der Waals surface area contributed by atoms with Crippen molar-refractivity contribution < 1.29 is 14.7 Å². The summed E-state index contributed by atoms with van der Waals surface area (Å²) in [5.74, 6) is -1.23. The van der Waals surface area contributed by atoms with Crippen molar-refractivity contribution in [1.82, 2.24) is 4.57 Å². The van der Waals surface area contributed by atoms with Crippen LogP contribution in [-0.2, 0) is 16.1 Å². The molecule has 5 heteroatoms. The molecular formula is C20H22N2O3. The van der Waals surface area contributed by atoms with E-state index in [4.69, 9.17) is 5.11 Å². The molecular weight excluding hydrogens is 316 g/mol. The van der Waals surface area contributed by atoms with Gasteiger partial charge in [0.05, 0.1) is 0 Å². The maximum atomic E-state index is 12.2. The van der Waals surface area contributed by atoms with E-state index < -0.39 is 5.97 Å². The first kappa shape index (κ1) is 17.0. The number of rotatable bonds is 6. The molecule has 0 saturated carbocycles. The van der Waals surface area contributed by atoms with Crippen LogP contribution in [0.4, 0.5) is 5.69 Å². The standard InChI is InChI=1S/C20H22N2O3/c1-3-22-17-7-5-4-6-15(17)16-12-14(8-9-18(16)22)21-19(23)10-13(2)11-20(24)25/h4-9,12-13H,3,10-11H2,1-2H3,(H,21,23)(H,24,25)/t13-/m1/s1. The number of amides is 1. The number of carbonyl (C=O) groups excluding carboxylic acids is 1. The maximum absolute atomic E-state index is 12.2. The van der Waals surface area contributed by atoms with Gasteiger partial charge >= 0.3 is 5.97 Å². The van der Waals surface area contributed by atoms with Gasteiger partial charge < -0.3 is 15.0 Å². The van der Waals surface area contributed by atoms with Crippen molar-refractivity contribution in [3.63, 3.8) is 0 Å². The summed E-state index contributed by atoms with van der Waals surface area (Å²) in [4.78, 5) is 22.9. The number of aromatic nitrogens is 1. The maximum Gasteiger partial charge on any atom is 0.303 e. The smallest absolute Gasteiger partial charge is 0.303 e. The number of nitrogens with one attached hydrogen (secondary N) is 1. The number of hydrogen-bond donors (Lipinski definition) is 2. The third-order valence-electron chi connectivity index (χ3n) is 4.43. The highest BCUT2D eigenvalue weighted by molar-refractivity contribution is 6.09. The van der Waals surface area contributed by atoms with Crippen molar-refractivity contribution in [2.24, 2.45) is 5.92 Å². The quantitative estimate of drug-likeness (QED) is 0.705. The molecule has 1 amide bonds. The third kappa shape index (κ3) is 3.50. The third-order valence-corrected chi connectivity index (χ3v) is 4.43. The van der Waals surface area contributed by atoms with Crippen molar-refractivity contribution in [3.8, 4) is 0 Å². The number of nitrogens with zero attached hydrogens (tertiary/aromatic N) is 1. The van der Waals surface area contributed by atoms with E-state index >= 15 is 0 Å². The lowest BCUT2D eigenvalue weighted by atomic mass is 10.0. The zero-order valence-electron chi connectivity index (χ0n) is 14.5. The van der Waals surface area contributed by atoms with E-state index in [1.807, 2.05) is 30.3 Å². The van der Waals surface area contributed by atoms with Crippen LogP contribution >= 0.6 is 0 Å². The molecule has 0 spiro atoms. The summed E-state index contributed by atoms with van der Waals surface area (Å²) in [6.45, 7) is 4.76. The molecule has 3 rings (SSSR count). The Balaban J connectivity index is 1.87. The van der Waals surface area contributed by atoms with E-state index in [1.54, 1.807) is 6.92 Å². The monoisotopic (exact) mass is 338 g/mol. The molecule has 2 aromatic carbocycles. The summed E-state index contributed by atoms with van der Waals surface area (Å²) in [7, 11) is 0. The number of carboxylic acid groups (broad SMARTS) is 1. The van der Waals surface area contributed by atoms with Crippen molar-refractivity contribution in [3.05, 3.63) is 42.5 Å². The van der Waals surface area contributed by atoms with Crippen LogP contribution in [0.25, 0.3) is 21.8 Å². The Bertz CT molecular complexity index is 943. The number of para-hydroxylation sites is 1. The van der Waals surface area contributed by atoms with Gasteiger partial charge in [0, 0.05) is 46.9 Å². The number of anilines is 1. The minimum Gasteiger partial charge on any atom is -0.481 e. The van der Waals surface area contributed by atoms with E-state index in [-0.39, 0.29) is 24.7 Å². The van der Waals surface area contributed by atoms with Crippen LogP contribution < -0.4 is 5.32 Å². The van der Waals surface area contributed by atoms with E-state index in [2.05, 4.69) is 28.9 Å². The predicted molar refractivity (Wildman–Crippen MR) is 99.8 cm³/mol. The van der Waals surface area contributed by atoms with Crippen molar-refractivity contribution >= 4 is 39.4 Å². The molecule has 130 valence electrons. The molecule has 0 bridgehead atoms. The fourth-order valence-corrected chi connectivity index (χ4v) is 3.37. The molecule has 0 radical (unpaired) electrons. The molecule has 25 heavy (non-hydrogen) atoms. The Kier molecular flexibility index (Phi) is 4.74. The number of aryl methyl sites for hydroxylation is 1. The first-order chi connectivity index (χ1) is 12.0. The zero-order valence-corrected chi connectivity index (χ0v) is 14.5. The summed E-state index contributed by atoms with van der Waals surface area (Å²) >= 11 is 0. The van der Waals surface area contributed by atoms with Crippen LogP contribution in [0, 0.1) is 5.92 Å². The summed E-state index contributed by atoms with van der Waals surface area (Å²) in [5, 5.41) is 14.0. The molecule has 0 aliphatic heterocycles. The second kappa shape index (κ2) is 6.97. The summed E-state index contributed by atoms with van der Waals surface area (Å²) in [5.41, 5.74) is 3.05. The van der Waals surface area contributed by atoms with Gasteiger partial charge in [-0.3, -0.25) is 9.59 Å². The molecule has 2 N–H and O–H groups in total. The molecule has 0 aliphatic carbocycles. The number of benzene rings is 2. The van der Waals surface area contributed by atoms with E-state index in [0.29, 0.717) is 0 Å². The molecule has 1 aromatic heterocycles. The molecule has 0 aliphatic rings. The molecule has 5 nitrogen and oxygen atoms in total. The Morgan fingerprint density at radius 2 is 1.80 bits per heavy atom. The highest BCUT2D eigenvalue weighted by Crippen LogP contribution is 2.31. The average Bonchev–Trinajstić information content (AvgIpc) is 2.87. The van der Waals surface area contributed by atoms with Crippen LogP contribution in [0.5, 0.6) is 0 Å². The van der Waals surface area contributed by atoms with Gasteiger partial charge in [-0.2, -0.15) is 0 Å². The Hall–Kier alpha value is -2.82. The van der Waals surface area contributed by atoms with Gasteiger partial charge in [0.1, 0.15) is 0 Å². The molecule has 0 unspecified atom stereocenters. The first-order valence-corrected chi connectivity index (χ1v) is 8.52. The predicted octanol–water partition coefficient (Wildman–Crippen LogP) is 4.25. The van der Waals surface area contributed by atoms with Gasteiger partial charge in [-0.25, -0.2) is 0 Å². The largest absolute Gasteiger partial charge is 0.481 e. The van der Waals surface area contributed by atoms with Gasteiger partial charge in [0.15, 0.2) is 0 Å². The highest BCUT2D eigenvalue weighted by Gasteiger charge is 2.14. The summed E-state index contributed by atoms with van der Waals surface area (Å²) in [6, 6.07) is 14.1. The van der Waals surface area contributed by atoms with Gasteiger partial charge in [-0.05, 0) is 37.1 Å². The fourth-order valence-electron chi connectivity index (χ4n) is 3.37. The van der Waals surface area contributed by atoms with Crippen molar-refractivity contribution in [2.45, 2.75) is 33.2 Å². The van der Waals surface area contributed by atoms with Crippen LogP contribution in [0.15, 0.2) is 42.5 Å². The normalized spacial score (nSPS) is 12.4. The van der Waals surface area contributed by atoms with Gasteiger partial charge in [-0.15, -0.1) is 0 Å². The number of aliphatic carboxylic acids is 1.